The number of hydrogen-bond acceptors (Lipinski definition) is 5. The van der Waals surface area contributed by atoms with Crippen molar-refractivity contribution in [2.75, 3.05) is 14.1 Å². The van der Waals surface area contributed by atoms with Gasteiger partial charge >= 0.3 is 0 Å². The first-order chi connectivity index (χ1) is 12.6. The van der Waals surface area contributed by atoms with Gasteiger partial charge in [0.25, 0.3) is 15.9 Å². The second kappa shape index (κ2) is 8.17. The Kier molecular flexibility index (Phi) is 6.37. The van der Waals surface area contributed by atoms with Crippen LogP contribution in [0.1, 0.15) is 22.8 Å². The normalized spacial score (nSPS) is 12.1. The van der Waals surface area contributed by atoms with Crippen molar-refractivity contribution in [1.82, 2.24) is 14.6 Å². The van der Waals surface area contributed by atoms with Gasteiger partial charge in [-0.3, -0.25) is 10.2 Å². The van der Waals surface area contributed by atoms with Crippen molar-refractivity contribution in [3.8, 4) is 0 Å². The summed E-state index contributed by atoms with van der Waals surface area (Å²) >= 11 is 0. The molecule has 1 amide bonds. The van der Waals surface area contributed by atoms with E-state index in [1.807, 2.05) is 11.8 Å². The van der Waals surface area contributed by atoms with Crippen LogP contribution in [-0.4, -0.2) is 41.1 Å². The van der Waals surface area contributed by atoms with E-state index in [1.54, 1.807) is 12.1 Å². The second-order valence-electron chi connectivity index (χ2n) is 5.87. The van der Waals surface area contributed by atoms with Gasteiger partial charge in [0, 0.05) is 19.7 Å². The van der Waals surface area contributed by atoms with Gasteiger partial charge in [-0.2, -0.15) is 0 Å². The van der Waals surface area contributed by atoms with Crippen LogP contribution in [0.15, 0.2) is 58.3 Å². The van der Waals surface area contributed by atoms with Gasteiger partial charge in [-0.05, 0) is 42.3 Å². The fourth-order valence-corrected chi connectivity index (χ4v) is 3.94. The third kappa shape index (κ3) is 4.92. The highest BCUT2D eigenvalue weighted by Gasteiger charge is 2.20. The smallest absolute Gasteiger partial charge is 0.266 e. The molecule has 146 valence electrons. The minimum Gasteiger partial charge on any atom is -0.273 e. The molecule has 0 saturated heterocycles. The number of rotatable bonds is 7. The molecule has 0 fully saturated rings. The van der Waals surface area contributed by atoms with E-state index < -0.39 is 26.0 Å². The Morgan fingerprint density at radius 1 is 0.963 bits per heavy atom. The predicted octanol–water partition coefficient (Wildman–Crippen LogP) is 1.12. The summed E-state index contributed by atoms with van der Waals surface area (Å²) in [5.41, 5.74) is 3.07. The molecule has 0 heterocycles. The van der Waals surface area contributed by atoms with Crippen LogP contribution in [0, 0.1) is 0 Å². The molecule has 0 spiro atoms. The Labute approximate surface area is 159 Å². The van der Waals surface area contributed by atoms with E-state index in [0.717, 1.165) is 16.3 Å². The van der Waals surface area contributed by atoms with Crippen molar-refractivity contribution in [3.63, 3.8) is 0 Å². The molecular weight excluding hydrogens is 390 g/mol. The van der Waals surface area contributed by atoms with Gasteiger partial charge in [-0.25, -0.2) is 21.1 Å². The highest BCUT2D eigenvalue weighted by Crippen LogP contribution is 2.15. The van der Waals surface area contributed by atoms with E-state index in [1.165, 1.54) is 50.5 Å². The van der Waals surface area contributed by atoms with Gasteiger partial charge in [-0.1, -0.05) is 25.1 Å². The number of hydrazine groups is 1. The first-order valence-corrected chi connectivity index (χ1v) is 10.9. The molecule has 2 aromatic rings. The highest BCUT2D eigenvalue weighted by atomic mass is 32.2. The number of sulfonamides is 2. The average Bonchev–Trinajstić information content (AvgIpc) is 2.66. The molecule has 0 saturated carbocycles. The van der Waals surface area contributed by atoms with Crippen molar-refractivity contribution in [2.45, 2.75) is 23.1 Å². The van der Waals surface area contributed by atoms with Gasteiger partial charge in [0.1, 0.15) is 0 Å². The molecule has 27 heavy (non-hydrogen) atoms. The highest BCUT2D eigenvalue weighted by molar-refractivity contribution is 7.89. The number of nitrogens with one attached hydrogen (secondary N) is 2. The van der Waals surface area contributed by atoms with Gasteiger partial charge in [0.15, 0.2) is 0 Å². The summed E-state index contributed by atoms with van der Waals surface area (Å²) in [5, 5.41) is 0. The van der Waals surface area contributed by atoms with Gasteiger partial charge < -0.3 is 0 Å². The molecule has 0 aliphatic heterocycles. The van der Waals surface area contributed by atoms with Crippen molar-refractivity contribution in [1.29, 1.82) is 0 Å². The van der Waals surface area contributed by atoms with Gasteiger partial charge in [0.05, 0.1) is 9.79 Å². The SMILES string of the molecule is CCc1ccc(S(=O)(=O)NNC(=O)c2cccc(S(=O)(=O)N(C)C)c2)cc1. The van der Waals surface area contributed by atoms with Crippen LogP contribution in [-0.2, 0) is 26.5 Å². The Morgan fingerprint density at radius 2 is 1.59 bits per heavy atom. The molecular formula is C17H21N3O5S2. The molecule has 8 nitrogen and oxygen atoms in total. The van der Waals surface area contributed by atoms with Crippen molar-refractivity contribution < 1.29 is 21.6 Å². The van der Waals surface area contributed by atoms with E-state index in [-0.39, 0.29) is 15.4 Å². The number of carbonyl (C=O) groups is 1. The Hall–Kier alpha value is -2.27. The lowest BCUT2D eigenvalue weighted by Gasteiger charge is -2.12. The zero-order chi connectivity index (χ0) is 20.2. The fourth-order valence-electron chi connectivity index (χ4n) is 2.16. The molecule has 0 radical (unpaired) electrons. The third-order valence-corrected chi connectivity index (χ3v) is 6.89. The predicted molar refractivity (Wildman–Crippen MR) is 101 cm³/mol. The van der Waals surface area contributed by atoms with Crippen LogP contribution in [0.5, 0.6) is 0 Å². The van der Waals surface area contributed by atoms with Crippen LogP contribution < -0.4 is 10.3 Å². The maximum absolute atomic E-state index is 12.3. The average molecular weight is 412 g/mol. The van der Waals surface area contributed by atoms with Crippen LogP contribution in [0.2, 0.25) is 0 Å². The molecule has 0 atom stereocenters. The number of nitrogens with zero attached hydrogens (tertiary/aromatic N) is 1. The summed E-state index contributed by atoms with van der Waals surface area (Å²) in [7, 11) is -4.91. The zero-order valence-electron chi connectivity index (χ0n) is 15.1. The minimum atomic E-state index is -3.95. The summed E-state index contributed by atoms with van der Waals surface area (Å²) in [4.78, 5) is 14.2. The fraction of sp³-hybridized carbons (Fsp3) is 0.235. The Balaban J connectivity index is 2.15. The maximum Gasteiger partial charge on any atom is 0.266 e. The Bertz CT molecular complexity index is 1030. The standard InChI is InChI=1S/C17H21N3O5S2/c1-4-13-8-10-15(11-9-13)26(22,23)19-18-17(21)14-6-5-7-16(12-14)27(24,25)20(2)3/h5-12,19H,4H2,1-3H3,(H,18,21). The zero-order valence-corrected chi connectivity index (χ0v) is 16.8. The molecule has 2 rings (SSSR count). The topological polar surface area (TPSA) is 113 Å². The van der Waals surface area contributed by atoms with Crippen molar-refractivity contribution in [2.24, 2.45) is 0 Å². The monoisotopic (exact) mass is 411 g/mol. The molecule has 10 heteroatoms. The molecule has 0 aliphatic rings. The van der Waals surface area contributed by atoms with E-state index in [4.69, 9.17) is 0 Å². The largest absolute Gasteiger partial charge is 0.273 e. The molecule has 0 unspecified atom stereocenters. The van der Waals surface area contributed by atoms with E-state index in [0.29, 0.717) is 0 Å². The van der Waals surface area contributed by atoms with E-state index in [2.05, 4.69) is 5.43 Å². The summed E-state index contributed by atoms with van der Waals surface area (Å²) in [5.74, 6) is -0.778. The van der Waals surface area contributed by atoms with E-state index in [9.17, 15) is 21.6 Å². The Morgan fingerprint density at radius 3 is 2.15 bits per heavy atom. The number of benzene rings is 2. The summed E-state index contributed by atoms with van der Waals surface area (Å²) in [6, 6.07) is 11.6. The molecule has 0 aliphatic carbocycles. The summed E-state index contributed by atoms with van der Waals surface area (Å²) in [6.45, 7) is 1.95. The minimum absolute atomic E-state index is 0.00181. The van der Waals surface area contributed by atoms with Crippen LogP contribution in [0.25, 0.3) is 0 Å². The summed E-state index contributed by atoms with van der Waals surface area (Å²) in [6.07, 6.45) is 0.774. The third-order valence-electron chi connectivity index (χ3n) is 3.82. The van der Waals surface area contributed by atoms with Gasteiger partial charge in [0.2, 0.25) is 10.0 Å². The number of carbonyl (C=O) groups excluding carboxylic acids is 1. The lowest BCUT2D eigenvalue weighted by Crippen LogP contribution is -2.41. The lowest BCUT2D eigenvalue weighted by molar-refractivity contribution is 0.0945. The van der Waals surface area contributed by atoms with Gasteiger partial charge in [-0.15, -0.1) is 4.83 Å². The summed E-state index contributed by atoms with van der Waals surface area (Å²) < 4.78 is 49.8. The molecule has 2 aromatic carbocycles. The maximum atomic E-state index is 12.3. The molecule has 0 aromatic heterocycles. The van der Waals surface area contributed by atoms with E-state index >= 15 is 0 Å². The molecule has 0 bridgehead atoms. The van der Waals surface area contributed by atoms with Crippen LogP contribution in [0.3, 0.4) is 0 Å². The molecule has 2 N–H and O–H groups in total. The second-order valence-corrected chi connectivity index (χ2v) is 9.71. The number of hydrogen-bond donors (Lipinski definition) is 2. The quantitative estimate of drug-likeness (QED) is 0.663. The first kappa shape index (κ1) is 21.0. The number of amides is 1. The van der Waals surface area contributed by atoms with Crippen LogP contribution >= 0.6 is 0 Å². The lowest BCUT2D eigenvalue weighted by atomic mass is 10.2. The van der Waals surface area contributed by atoms with Crippen molar-refractivity contribution in [3.05, 3.63) is 59.7 Å². The van der Waals surface area contributed by atoms with Crippen molar-refractivity contribution >= 4 is 26.0 Å². The first-order valence-electron chi connectivity index (χ1n) is 8.01. The number of aryl methyl sites for hydroxylation is 1. The van der Waals surface area contributed by atoms with Crippen LogP contribution in [0.4, 0.5) is 0 Å².